The number of imidazole rings is 1. The highest BCUT2D eigenvalue weighted by atomic mass is 35.5. The summed E-state index contributed by atoms with van der Waals surface area (Å²) in [4.78, 5) is 19.3. The summed E-state index contributed by atoms with van der Waals surface area (Å²) in [6.07, 6.45) is 3.18. The van der Waals surface area contributed by atoms with Crippen molar-refractivity contribution >= 4 is 56.5 Å². The smallest absolute Gasteiger partial charge is 0.269 e. The van der Waals surface area contributed by atoms with E-state index in [4.69, 9.17) is 23.2 Å². The first-order valence-electron chi connectivity index (χ1n) is 5.33. The lowest BCUT2D eigenvalue weighted by atomic mass is 10.2. The minimum absolute atomic E-state index is 0.294. The summed E-state index contributed by atoms with van der Waals surface area (Å²) >= 11 is 13.4. The number of hydrogen-bond acceptors (Lipinski definition) is 3. The molecule has 3 rings (SSSR count). The van der Waals surface area contributed by atoms with Crippen molar-refractivity contribution in [2.45, 2.75) is 0 Å². The molecule has 0 unspecified atom stereocenters. The number of carbonyl (C=O) groups is 1. The fourth-order valence-electron chi connectivity index (χ4n) is 1.68. The summed E-state index contributed by atoms with van der Waals surface area (Å²) in [7, 11) is 0. The maximum Gasteiger partial charge on any atom is 0.269 e. The van der Waals surface area contributed by atoms with Gasteiger partial charge in [0.05, 0.1) is 5.02 Å². The standard InChI is InChI=1S/C12H7Cl2N3OS/c13-6-1-2-7-8(5-6)19-10(9(7)14)11(18)17-12-15-3-4-16-12/h1-5H,(H2,15,16,17,18). The lowest BCUT2D eigenvalue weighted by Crippen LogP contribution is -2.11. The lowest BCUT2D eigenvalue weighted by Gasteiger charge is -1.99. The Balaban J connectivity index is 2.00. The van der Waals surface area contributed by atoms with Crippen molar-refractivity contribution in [3.8, 4) is 0 Å². The molecule has 0 fully saturated rings. The Hall–Kier alpha value is -1.56. The van der Waals surface area contributed by atoms with E-state index in [2.05, 4.69) is 15.3 Å². The third-order valence-corrected chi connectivity index (χ3v) is 4.42. The number of thiophene rings is 1. The Kier molecular flexibility index (Phi) is 3.18. The zero-order valence-electron chi connectivity index (χ0n) is 9.41. The van der Waals surface area contributed by atoms with E-state index >= 15 is 0 Å². The Bertz CT molecular complexity index is 752. The summed E-state index contributed by atoms with van der Waals surface area (Å²) in [6, 6.07) is 5.34. The number of fused-ring (bicyclic) bond motifs is 1. The van der Waals surface area contributed by atoms with Gasteiger partial charge in [-0.1, -0.05) is 29.3 Å². The van der Waals surface area contributed by atoms with Gasteiger partial charge in [-0.25, -0.2) is 4.98 Å². The SMILES string of the molecule is O=C(Nc1ncc[nH]1)c1sc2cc(Cl)ccc2c1Cl. The molecular formula is C12H7Cl2N3OS. The average Bonchev–Trinajstić information content (AvgIpc) is 2.97. The van der Waals surface area contributed by atoms with Crippen molar-refractivity contribution in [1.82, 2.24) is 9.97 Å². The summed E-state index contributed by atoms with van der Waals surface area (Å²) in [5, 5.41) is 4.51. The van der Waals surface area contributed by atoms with E-state index in [-0.39, 0.29) is 5.91 Å². The number of nitrogens with one attached hydrogen (secondary N) is 2. The number of nitrogens with zero attached hydrogens (tertiary/aromatic N) is 1. The third kappa shape index (κ3) is 2.32. The average molecular weight is 312 g/mol. The molecule has 0 aliphatic heterocycles. The minimum atomic E-state index is -0.294. The predicted molar refractivity (Wildman–Crippen MR) is 78.4 cm³/mol. The Morgan fingerprint density at radius 1 is 1.37 bits per heavy atom. The minimum Gasteiger partial charge on any atom is -0.331 e. The van der Waals surface area contributed by atoms with Gasteiger partial charge in [-0.2, -0.15) is 0 Å². The van der Waals surface area contributed by atoms with Crippen LogP contribution in [0.1, 0.15) is 9.67 Å². The second kappa shape index (κ2) is 4.85. The van der Waals surface area contributed by atoms with Crippen LogP contribution < -0.4 is 5.32 Å². The molecular weight excluding hydrogens is 305 g/mol. The lowest BCUT2D eigenvalue weighted by molar-refractivity contribution is 0.103. The summed E-state index contributed by atoms with van der Waals surface area (Å²) in [5.41, 5.74) is 0. The number of H-pyrrole nitrogens is 1. The summed E-state index contributed by atoms with van der Waals surface area (Å²) in [6.45, 7) is 0. The first kappa shape index (κ1) is 12.5. The fourth-order valence-corrected chi connectivity index (χ4v) is 3.37. The number of aromatic nitrogens is 2. The molecule has 19 heavy (non-hydrogen) atoms. The maximum atomic E-state index is 12.1. The molecule has 7 heteroatoms. The van der Waals surface area contributed by atoms with Gasteiger partial charge in [0.25, 0.3) is 5.91 Å². The maximum absolute atomic E-state index is 12.1. The number of aromatic amines is 1. The topological polar surface area (TPSA) is 57.8 Å². The van der Waals surface area contributed by atoms with E-state index in [1.54, 1.807) is 30.6 Å². The monoisotopic (exact) mass is 311 g/mol. The first-order chi connectivity index (χ1) is 9.15. The van der Waals surface area contributed by atoms with Crippen LogP contribution in [0.4, 0.5) is 5.95 Å². The van der Waals surface area contributed by atoms with Crippen LogP contribution in [0.3, 0.4) is 0 Å². The van der Waals surface area contributed by atoms with Crippen LogP contribution in [0.15, 0.2) is 30.6 Å². The Morgan fingerprint density at radius 2 is 2.21 bits per heavy atom. The van der Waals surface area contributed by atoms with Gasteiger partial charge in [0.15, 0.2) is 0 Å². The van der Waals surface area contributed by atoms with Gasteiger partial charge in [0.2, 0.25) is 5.95 Å². The molecule has 0 atom stereocenters. The molecule has 3 aromatic rings. The zero-order chi connectivity index (χ0) is 13.4. The number of halogens is 2. The molecule has 0 saturated heterocycles. The predicted octanol–water partition coefficient (Wildman–Crippen LogP) is 4.18. The zero-order valence-corrected chi connectivity index (χ0v) is 11.7. The van der Waals surface area contributed by atoms with Gasteiger partial charge < -0.3 is 4.98 Å². The van der Waals surface area contributed by atoms with Crippen LogP contribution in [0.25, 0.3) is 10.1 Å². The van der Waals surface area contributed by atoms with E-state index in [1.807, 2.05) is 0 Å². The third-order valence-electron chi connectivity index (χ3n) is 2.53. The van der Waals surface area contributed by atoms with Crippen molar-refractivity contribution in [3.63, 3.8) is 0 Å². The van der Waals surface area contributed by atoms with Crippen molar-refractivity contribution < 1.29 is 4.79 Å². The number of carbonyl (C=O) groups excluding carboxylic acids is 1. The van der Waals surface area contributed by atoms with Crippen LogP contribution in [0, 0.1) is 0 Å². The Labute approximate surface area is 122 Å². The largest absolute Gasteiger partial charge is 0.331 e. The van der Waals surface area contributed by atoms with E-state index in [9.17, 15) is 4.79 Å². The molecule has 0 aliphatic rings. The quantitative estimate of drug-likeness (QED) is 0.745. The highest BCUT2D eigenvalue weighted by molar-refractivity contribution is 7.21. The normalized spacial score (nSPS) is 10.8. The fraction of sp³-hybridized carbons (Fsp3) is 0. The molecule has 4 nitrogen and oxygen atoms in total. The summed E-state index contributed by atoms with van der Waals surface area (Å²) in [5.74, 6) is 0.0915. The van der Waals surface area contributed by atoms with E-state index in [0.717, 1.165) is 10.1 Å². The van der Waals surface area contributed by atoms with E-state index in [0.29, 0.717) is 20.9 Å². The van der Waals surface area contributed by atoms with Crippen molar-refractivity contribution in [1.29, 1.82) is 0 Å². The number of anilines is 1. The van der Waals surface area contributed by atoms with Gasteiger partial charge in [-0.15, -0.1) is 11.3 Å². The van der Waals surface area contributed by atoms with E-state index in [1.165, 1.54) is 11.3 Å². The number of benzene rings is 1. The highest BCUT2D eigenvalue weighted by Gasteiger charge is 2.17. The van der Waals surface area contributed by atoms with Gasteiger partial charge in [-0.05, 0) is 12.1 Å². The molecule has 2 N–H and O–H groups in total. The molecule has 2 aromatic heterocycles. The molecule has 1 amide bonds. The molecule has 0 aliphatic carbocycles. The molecule has 0 bridgehead atoms. The Morgan fingerprint density at radius 3 is 2.95 bits per heavy atom. The van der Waals surface area contributed by atoms with Crippen molar-refractivity contribution in [3.05, 3.63) is 45.5 Å². The first-order valence-corrected chi connectivity index (χ1v) is 6.90. The van der Waals surface area contributed by atoms with Crippen LogP contribution in [0.5, 0.6) is 0 Å². The van der Waals surface area contributed by atoms with Gasteiger partial charge in [-0.3, -0.25) is 10.1 Å². The molecule has 0 saturated carbocycles. The number of amides is 1. The second-order valence-electron chi connectivity index (χ2n) is 3.78. The molecule has 0 spiro atoms. The van der Waals surface area contributed by atoms with Crippen LogP contribution in [-0.2, 0) is 0 Å². The van der Waals surface area contributed by atoms with E-state index < -0.39 is 0 Å². The molecule has 1 aromatic carbocycles. The van der Waals surface area contributed by atoms with Crippen molar-refractivity contribution in [2.75, 3.05) is 5.32 Å². The van der Waals surface area contributed by atoms with Crippen LogP contribution in [0.2, 0.25) is 10.0 Å². The molecule has 2 heterocycles. The molecule has 96 valence electrons. The van der Waals surface area contributed by atoms with Crippen molar-refractivity contribution in [2.24, 2.45) is 0 Å². The summed E-state index contributed by atoms with van der Waals surface area (Å²) < 4.78 is 0.877. The van der Waals surface area contributed by atoms with Gasteiger partial charge in [0, 0.05) is 27.5 Å². The number of rotatable bonds is 2. The molecule has 0 radical (unpaired) electrons. The highest BCUT2D eigenvalue weighted by Crippen LogP contribution is 2.36. The number of hydrogen-bond donors (Lipinski definition) is 2. The van der Waals surface area contributed by atoms with Gasteiger partial charge in [0.1, 0.15) is 4.88 Å². The van der Waals surface area contributed by atoms with Gasteiger partial charge >= 0.3 is 0 Å². The second-order valence-corrected chi connectivity index (χ2v) is 5.64. The van der Waals surface area contributed by atoms with Crippen LogP contribution >= 0.6 is 34.5 Å². The van der Waals surface area contributed by atoms with Crippen LogP contribution in [-0.4, -0.2) is 15.9 Å².